The molecular weight excluding hydrogens is 386 g/mol. The maximum atomic E-state index is 12.4. The summed E-state index contributed by atoms with van der Waals surface area (Å²) >= 11 is 0. The summed E-state index contributed by atoms with van der Waals surface area (Å²) in [6, 6.07) is 9.43. The Morgan fingerprint density at radius 1 is 1.17 bits per heavy atom. The molecule has 1 amide bonds. The largest absolute Gasteiger partial charge is 0.445 e. The molecule has 1 aromatic rings. The molecule has 162 valence electrons. The molecule has 7 heteroatoms. The van der Waals surface area contributed by atoms with Crippen LogP contribution in [0.3, 0.4) is 0 Å². The van der Waals surface area contributed by atoms with Crippen LogP contribution in [0.2, 0.25) is 18.1 Å². The average Bonchev–Trinajstić information content (AvgIpc) is 3.07. The van der Waals surface area contributed by atoms with E-state index in [2.05, 4.69) is 39.2 Å². The molecule has 1 aromatic carbocycles. The highest BCUT2D eigenvalue weighted by Gasteiger charge is 2.56. The van der Waals surface area contributed by atoms with Crippen LogP contribution in [-0.4, -0.2) is 44.6 Å². The number of benzene rings is 1. The minimum atomic E-state index is -1.98. The summed E-state index contributed by atoms with van der Waals surface area (Å²) in [5.41, 5.74) is 0.952. The molecule has 6 nitrogen and oxygen atoms in total. The number of ether oxygens (including phenoxy) is 3. The Bertz CT molecular complexity index is 716. The molecule has 1 saturated carbocycles. The van der Waals surface area contributed by atoms with E-state index in [-0.39, 0.29) is 36.0 Å². The number of carbonyl (C=O) groups is 1. The second kappa shape index (κ2) is 8.02. The van der Waals surface area contributed by atoms with Gasteiger partial charge in [-0.25, -0.2) is 4.79 Å². The topological polar surface area (TPSA) is 66.0 Å². The lowest BCUT2D eigenvalue weighted by molar-refractivity contribution is -0.162. The van der Waals surface area contributed by atoms with Crippen molar-refractivity contribution in [3.8, 4) is 0 Å². The van der Waals surface area contributed by atoms with E-state index in [1.54, 1.807) is 0 Å². The first-order valence-corrected chi connectivity index (χ1v) is 13.3. The Balaban J connectivity index is 1.65. The molecule has 0 radical (unpaired) electrons. The van der Waals surface area contributed by atoms with Crippen molar-refractivity contribution in [2.75, 3.05) is 0 Å². The number of amides is 1. The smallest absolute Gasteiger partial charge is 0.407 e. The van der Waals surface area contributed by atoms with E-state index in [0.717, 1.165) is 5.56 Å². The summed E-state index contributed by atoms with van der Waals surface area (Å²) in [5, 5.41) is 3.08. The zero-order valence-corrected chi connectivity index (χ0v) is 19.7. The van der Waals surface area contributed by atoms with Crippen LogP contribution >= 0.6 is 0 Å². The van der Waals surface area contributed by atoms with Crippen LogP contribution in [0.1, 0.15) is 46.6 Å². The Hall–Kier alpha value is -1.41. The van der Waals surface area contributed by atoms with Crippen LogP contribution in [0.5, 0.6) is 0 Å². The zero-order valence-electron chi connectivity index (χ0n) is 18.7. The fourth-order valence-corrected chi connectivity index (χ4v) is 5.00. The Kier molecular flexibility index (Phi) is 6.16. The van der Waals surface area contributed by atoms with Gasteiger partial charge in [-0.2, -0.15) is 0 Å². The number of rotatable bonds is 5. The van der Waals surface area contributed by atoms with E-state index in [4.69, 9.17) is 18.6 Å². The molecule has 2 fully saturated rings. The SMILES string of the molecule is CC1(C)O[C@@H]2[C@H](O1)[C@@H](O[Si](C)(C)C(C)(C)C)C[C@H]2NC(=O)OCc1ccccc1. The molecule has 1 saturated heterocycles. The van der Waals surface area contributed by atoms with E-state index in [1.165, 1.54) is 0 Å². The van der Waals surface area contributed by atoms with Gasteiger partial charge in [0.1, 0.15) is 18.8 Å². The molecule has 1 heterocycles. The van der Waals surface area contributed by atoms with Crippen molar-refractivity contribution in [2.24, 2.45) is 0 Å². The fraction of sp³-hybridized carbons (Fsp3) is 0.682. The number of fused-ring (bicyclic) bond motifs is 1. The molecule has 2 aliphatic rings. The third-order valence-corrected chi connectivity index (χ3v) is 10.7. The molecule has 1 aliphatic carbocycles. The molecule has 1 aliphatic heterocycles. The van der Waals surface area contributed by atoms with Gasteiger partial charge in [0.15, 0.2) is 14.1 Å². The first-order chi connectivity index (χ1) is 13.4. The monoisotopic (exact) mass is 421 g/mol. The summed E-state index contributed by atoms with van der Waals surface area (Å²) in [6.45, 7) is 15.2. The van der Waals surface area contributed by atoms with E-state index < -0.39 is 20.2 Å². The van der Waals surface area contributed by atoms with Gasteiger partial charge in [-0.3, -0.25) is 0 Å². The van der Waals surface area contributed by atoms with Gasteiger partial charge in [0, 0.05) is 0 Å². The van der Waals surface area contributed by atoms with E-state index in [1.807, 2.05) is 44.2 Å². The predicted molar refractivity (Wildman–Crippen MR) is 114 cm³/mol. The lowest BCUT2D eigenvalue weighted by atomic mass is 10.2. The van der Waals surface area contributed by atoms with Crippen LogP contribution in [0.4, 0.5) is 4.79 Å². The first kappa shape index (κ1) is 22.3. The van der Waals surface area contributed by atoms with Crippen molar-refractivity contribution in [3.05, 3.63) is 35.9 Å². The summed E-state index contributed by atoms with van der Waals surface area (Å²) in [7, 11) is -1.98. The number of hydrogen-bond donors (Lipinski definition) is 1. The van der Waals surface area contributed by atoms with Gasteiger partial charge in [-0.15, -0.1) is 0 Å². The van der Waals surface area contributed by atoms with Crippen molar-refractivity contribution in [3.63, 3.8) is 0 Å². The van der Waals surface area contributed by atoms with Crippen LogP contribution in [0, 0.1) is 0 Å². The first-order valence-electron chi connectivity index (χ1n) is 10.4. The number of alkyl carbamates (subject to hydrolysis) is 1. The third-order valence-electron chi connectivity index (χ3n) is 6.18. The summed E-state index contributed by atoms with van der Waals surface area (Å²) in [4.78, 5) is 12.4. The van der Waals surface area contributed by atoms with E-state index in [9.17, 15) is 4.79 Å². The van der Waals surface area contributed by atoms with Gasteiger partial charge in [-0.05, 0) is 44.0 Å². The summed E-state index contributed by atoms with van der Waals surface area (Å²) < 4.78 is 24.3. The molecule has 0 bridgehead atoms. The molecular formula is C22H35NO5Si. The Labute approximate surface area is 175 Å². The standard InChI is InChI=1S/C22H35NO5Si/c1-21(2,3)29(6,7)28-17-13-16(18-19(17)27-22(4,5)26-18)23-20(24)25-14-15-11-9-8-10-12-15/h8-12,16-19H,13-14H2,1-7H3,(H,23,24)/t16-,17+,18+,19-/m1/s1. The second-order valence-electron chi connectivity index (χ2n) is 10.0. The van der Waals surface area contributed by atoms with Crippen LogP contribution < -0.4 is 5.32 Å². The molecule has 4 atom stereocenters. The third kappa shape index (κ3) is 5.20. The van der Waals surface area contributed by atoms with E-state index >= 15 is 0 Å². The van der Waals surface area contributed by atoms with Gasteiger partial charge in [0.25, 0.3) is 0 Å². The van der Waals surface area contributed by atoms with Crippen molar-refractivity contribution in [1.82, 2.24) is 5.32 Å². The van der Waals surface area contributed by atoms with Crippen LogP contribution in [0.15, 0.2) is 30.3 Å². The summed E-state index contributed by atoms with van der Waals surface area (Å²) in [5.74, 6) is -0.696. The van der Waals surface area contributed by atoms with Gasteiger partial charge >= 0.3 is 6.09 Å². The normalized spacial score (nSPS) is 28.8. The predicted octanol–water partition coefficient (Wildman–Crippen LogP) is 4.60. The second-order valence-corrected chi connectivity index (χ2v) is 14.8. The van der Waals surface area contributed by atoms with E-state index in [0.29, 0.717) is 6.42 Å². The molecule has 3 rings (SSSR count). The summed E-state index contributed by atoms with van der Waals surface area (Å²) in [6.07, 6.45) is -0.346. The molecule has 0 aromatic heterocycles. The maximum absolute atomic E-state index is 12.4. The van der Waals surface area contributed by atoms with Crippen molar-refractivity contribution in [2.45, 2.75) is 95.9 Å². The lowest BCUT2D eigenvalue weighted by Crippen LogP contribution is -2.46. The highest BCUT2D eigenvalue weighted by atomic mass is 28.4. The van der Waals surface area contributed by atoms with Gasteiger partial charge in [0.2, 0.25) is 0 Å². The lowest BCUT2D eigenvalue weighted by Gasteiger charge is -2.39. The fourth-order valence-electron chi connectivity index (χ4n) is 3.66. The zero-order chi connectivity index (χ0) is 21.4. The molecule has 1 N–H and O–H groups in total. The van der Waals surface area contributed by atoms with Gasteiger partial charge < -0.3 is 24.0 Å². The number of carbonyl (C=O) groups excluding carboxylic acids is 1. The molecule has 0 spiro atoms. The Morgan fingerprint density at radius 2 is 1.79 bits per heavy atom. The Morgan fingerprint density at radius 3 is 2.41 bits per heavy atom. The van der Waals surface area contributed by atoms with Crippen molar-refractivity contribution >= 4 is 14.4 Å². The van der Waals surface area contributed by atoms with Crippen LogP contribution in [0.25, 0.3) is 0 Å². The highest BCUT2D eigenvalue weighted by molar-refractivity contribution is 6.74. The highest BCUT2D eigenvalue weighted by Crippen LogP contribution is 2.44. The maximum Gasteiger partial charge on any atom is 0.407 e. The van der Waals surface area contributed by atoms with Crippen molar-refractivity contribution < 1.29 is 23.4 Å². The average molecular weight is 422 g/mol. The van der Waals surface area contributed by atoms with Crippen molar-refractivity contribution in [1.29, 1.82) is 0 Å². The number of hydrogen-bond acceptors (Lipinski definition) is 5. The minimum absolute atomic E-state index is 0.0948. The van der Waals surface area contributed by atoms with Crippen LogP contribution in [-0.2, 0) is 25.2 Å². The minimum Gasteiger partial charge on any atom is -0.445 e. The van der Waals surface area contributed by atoms with Gasteiger partial charge in [0.05, 0.1) is 12.1 Å². The molecule has 29 heavy (non-hydrogen) atoms. The van der Waals surface area contributed by atoms with Gasteiger partial charge in [-0.1, -0.05) is 51.1 Å². The molecule has 0 unspecified atom stereocenters. The number of nitrogens with one attached hydrogen (secondary N) is 1. The quantitative estimate of drug-likeness (QED) is 0.704.